The van der Waals surface area contributed by atoms with E-state index in [1.807, 2.05) is 0 Å². The second-order valence-electron chi connectivity index (χ2n) is 4.14. The first-order valence-corrected chi connectivity index (χ1v) is 4.72. The maximum atomic E-state index is 9.28. The van der Waals surface area contributed by atoms with Gasteiger partial charge in [-0.3, -0.25) is 4.90 Å². The predicted molar refractivity (Wildman–Crippen MR) is 46.0 cm³/mol. The van der Waals surface area contributed by atoms with E-state index < -0.39 is 0 Å². The molecule has 0 aliphatic carbocycles. The fourth-order valence-electron chi connectivity index (χ4n) is 2.24. The smallest absolute Gasteiger partial charge is 0.0645 e. The van der Waals surface area contributed by atoms with Crippen LogP contribution in [0.2, 0.25) is 0 Å². The lowest BCUT2D eigenvalue weighted by atomic mass is 9.98. The molecule has 0 radical (unpaired) electrons. The molecule has 0 bridgehead atoms. The Morgan fingerprint density at radius 1 is 1.58 bits per heavy atom. The highest BCUT2D eigenvalue weighted by Crippen LogP contribution is 2.32. The van der Waals surface area contributed by atoms with E-state index in [-0.39, 0.29) is 12.1 Å². The van der Waals surface area contributed by atoms with Crippen molar-refractivity contribution in [3.05, 3.63) is 0 Å². The van der Waals surface area contributed by atoms with Gasteiger partial charge < -0.3 is 9.84 Å². The molecule has 3 heteroatoms. The Balaban J connectivity index is 2.02. The van der Waals surface area contributed by atoms with Gasteiger partial charge in [0.1, 0.15) is 0 Å². The molecule has 2 fully saturated rings. The number of nitrogens with zero attached hydrogens (tertiary/aromatic N) is 1. The van der Waals surface area contributed by atoms with Crippen LogP contribution in [0, 0.1) is 0 Å². The third-order valence-electron chi connectivity index (χ3n) is 3.21. The van der Waals surface area contributed by atoms with Crippen LogP contribution in [0.25, 0.3) is 0 Å². The quantitative estimate of drug-likeness (QED) is 0.645. The van der Waals surface area contributed by atoms with Crippen molar-refractivity contribution < 1.29 is 9.84 Å². The Hall–Kier alpha value is -0.120. The monoisotopic (exact) mass is 171 g/mol. The number of hydrogen-bond acceptors (Lipinski definition) is 3. The lowest BCUT2D eigenvalue weighted by Crippen LogP contribution is -2.57. The minimum atomic E-state index is 0.0362. The van der Waals surface area contributed by atoms with Crippen LogP contribution in [-0.2, 0) is 4.74 Å². The zero-order chi connectivity index (χ0) is 8.60. The van der Waals surface area contributed by atoms with Crippen LogP contribution in [0.5, 0.6) is 0 Å². The van der Waals surface area contributed by atoms with E-state index >= 15 is 0 Å². The summed E-state index contributed by atoms with van der Waals surface area (Å²) < 4.78 is 5.16. The third kappa shape index (κ3) is 1.16. The Morgan fingerprint density at radius 2 is 2.33 bits per heavy atom. The van der Waals surface area contributed by atoms with E-state index in [0.717, 1.165) is 26.2 Å². The van der Waals surface area contributed by atoms with Crippen LogP contribution in [0.1, 0.15) is 19.8 Å². The van der Waals surface area contributed by atoms with E-state index in [4.69, 9.17) is 4.74 Å². The minimum Gasteiger partial charge on any atom is -0.394 e. The molecule has 2 aliphatic rings. The molecule has 2 aliphatic heterocycles. The van der Waals surface area contributed by atoms with Crippen LogP contribution >= 0.6 is 0 Å². The highest BCUT2D eigenvalue weighted by atomic mass is 16.5. The third-order valence-corrected chi connectivity index (χ3v) is 3.21. The van der Waals surface area contributed by atoms with E-state index in [0.29, 0.717) is 6.04 Å². The fraction of sp³-hybridized carbons (Fsp3) is 1.00. The lowest BCUT2D eigenvalue weighted by Gasteiger charge is -2.43. The molecular weight excluding hydrogens is 154 g/mol. The number of aliphatic hydroxyl groups excluding tert-OH is 1. The Labute approximate surface area is 73.3 Å². The molecule has 0 aromatic carbocycles. The molecule has 12 heavy (non-hydrogen) atoms. The predicted octanol–water partition coefficient (Wildman–Crippen LogP) is 0.232. The molecule has 1 atom stereocenters. The molecule has 0 spiro atoms. The number of hydrogen-bond donors (Lipinski definition) is 1. The van der Waals surface area contributed by atoms with Crippen molar-refractivity contribution in [2.45, 2.75) is 31.3 Å². The fourth-order valence-corrected chi connectivity index (χ4v) is 2.24. The number of rotatable bonds is 2. The molecule has 0 aromatic rings. The zero-order valence-electron chi connectivity index (χ0n) is 7.62. The summed E-state index contributed by atoms with van der Waals surface area (Å²) in [4.78, 5) is 2.41. The van der Waals surface area contributed by atoms with Crippen LogP contribution < -0.4 is 0 Å². The summed E-state index contributed by atoms with van der Waals surface area (Å²) in [5.41, 5.74) is 0.0362. The lowest BCUT2D eigenvalue weighted by molar-refractivity contribution is -0.0956. The van der Waals surface area contributed by atoms with Crippen molar-refractivity contribution in [2.24, 2.45) is 0 Å². The highest BCUT2D eigenvalue weighted by molar-refractivity contribution is 4.96. The molecule has 70 valence electrons. The van der Waals surface area contributed by atoms with E-state index in [1.165, 1.54) is 6.42 Å². The average molecular weight is 171 g/mol. The first kappa shape index (κ1) is 8.48. The molecule has 0 unspecified atom stereocenters. The van der Waals surface area contributed by atoms with Crippen molar-refractivity contribution in [2.75, 3.05) is 26.4 Å². The molecule has 3 nitrogen and oxygen atoms in total. The van der Waals surface area contributed by atoms with Gasteiger partial charge in [0, 0.05) is 5.54 Å². The molecule has 1 N–H and O–H groups in total. The zero-order valence-corrected chi connectivity index (χ0v) is 7.62. The molecular formula is C9H17NO2. The van der Waals surface area contributed by atoms with Crippen molar-refractivity contribution >= 4 is 0 Å². The van der Waals surface area contributed by atoms with E-state index in [1.54, 1.807) is 0 Å². The summed E-state index contributed by atoms with van der Waals surface area (Å²) in [6, 6.07) is 0.574. The maximum absolute atomic E-state index is 9.28. The number of aliphatic hydroxyl groups is 1. The Bertz CT molecular complexity index is 170. The van der Waals surface area contributed by atoms with Gasteiger partial charge in [0.2, 0.25) is 0 Å². The molecule has 0 amide bonds. The second-order valence-corrected chi connectivity index (χ2v) is 4.14. The summed E-state index contributed by atoms with van der Waals surface area (Å²) in [7, 11) is 0. The number of likely N-dealkylation sites (tertiary alicyclic amines) is 1. The summed E-state index contributed by atoms with van der Waals surface area (Å²) in [6.45, 7) is 5.28. The first-order chi connectivity index (χ1) is 5.76. The van der Waals surface area contributed by atoms with Crippen molar-refractivity contribution in [1.82, 2.24) is 4.90 Å². The van der Waals surface area contributed by atoms with Gasteiger partial charge in [-0.25, -0.2) is 0 Å². The molecule has 0 saturated carbocycles. The van der Waals surface area contributed by atoms with Crippen LogP contribution in [0.3, 0.4) is 0 Å². The van der Waals surface area contributed by atoms with Gasteiger partial charge in [0.25, 0.3) is 0 Å². The van der Waals surface area contributed by atoms with E-state index in [2.05, 4.69) is 11.8 Å². The standard InChI is InChI=1S/C9H17NO2/c1-9(7-11)3-2-4-10(9)8-5-12-6-8/h8,11H,2-7H2,1H3/t9-/m1/s1. The molecule has 0 aromatic heterocycles. The topological polar surface area (TPSA) is 32.7 Å². The van der Waals surface area contributed by atoms with Gasteiger partial charge in [0.05, 0.1) is 25.9 Å². The van der Waals surface area contributed by atoms with Crippen molar-refractivity contribution in [3.63, 3.8) is 0 Å². The second kappa shape index (κ2) is 2.98. The largest absolute Gasteiger partial charge is 0.394 e. The normalized spacial score (nSPS) is 38.5. The van der Waals surface area contributed by atoms with Crippen LogP contribution in [0.15, 0.2) is 0 Å². The maximum Gasteiger partial charge on any atom is 0.0645 e. The molecule has 2 heterocycles. The van der Waals surface area contributed by atoms with Gasteiger partial charge >= 0.3 is 0 Å². The van der Waals surface area contributed by atoms with Gasteiger partial charge in [-0.05, 0) is 26.3 Å². The van der Waals surface area contributed by atoms with Crippen molar-refractivity contribution in [3.8, 4) is 0 Å². The van der Waals surface area contributed by atoms with Crippen LogP contribution in [0.4, 0.5) is 0 Å². The van der Waals surface area contributed by atoms with Gasteiger partial charge in [-0.2, -0.15) is 0 Å². The first-order valence-electron chi connectivity index (χ1n) is 4.72. The summed E-state index contributed by atoms with van der Waals surface area (Å²) in [5.74, 6) is 0. The SMILES string of the molecule is C[C@]1(CO)CCCN1C1COC1. The van der Waals surface area contributed by atoms with Crippen molar-refractivity contribution in [1.29, 1.82) is 0 Å². The summed E-state index contributed by atoms with van der Waals surface area (Å²) >= 11 is 0. The average Bonchev–Trinajstić information content (AvgIpc) is 2.31. The van der Waals surface area contributed by atoms with Gasteiger partial charge in [0.15, 0.2) is 0 Å². The Kier molecular flexibility index (Phi) is 2.10. The summed E-state index contributed by atoms with van der Waals surface area (Å²) in [5, 5.41) is 9.28. The molecule has 2 rings (SSSR count). The highest BCUT2D eigenvalue weighted by Gasteiger charge is 2.42. The summed E-state index contributed by atoms with van der Waals surface area (Å²) in [6.07, 6.45) is 2.34. The Morgan fingerprint density at radius 3 is 2.83 bits per heavy atom. The van der Waals surface area contributed by atoms with Gasteiger partial charge in [-0.1, -0.05) is 0 Å². The van der Waals surface area contributed by atoms with Gasteiger partial charge in [-0.15, -0.1) is 0 Å². The molecule has 2 saturated heterocycles. The van der Waals surface area contributed by atoms with E-state index in [9.17, 15) is 5.11 Å². The van der Waals surface area contributed by atoms with Crippen LogP contribution in [-0.4, -0.2) is 48.0 Å². The minimum absolute atomic E-state index is 0.0362. The number of ether oxygens (including phenoxy) is 1.